The highest BCUT2D eigenvalue weighted by Crippen LogP contribution is 2.44. The topological polar surface area (TPSA) is 177 Å². The molecule has 166 valence electrons. The lowest BCUT2D eigenvalue weighted by Gasteiger charge is -2.35. The number of nitrogens with two attached hydrogens (primary N) is 1. The van der Waals surface area contributed by atoms with Crippen LogP contribution >= 0.6 is 11.3 Å². The Morgan fingerprint density at radius 1 is 1.38 bits per heavy atom. The largest absolute Gasteiger partial charge is 0.369 e. The number of ether oxygens (including phenoxy) is 1. The summed E-state index contributed by atoms with van der Waals surface area (Å²) in [4.78, 5) is 18.3. The van der Waals surface area contributed by atoms with E-state index in [0.717, 1.165) is 0 Å². The van der Waals surface area contributed by atoms with Gasteiger partial charge in [-0.05, 0) is 26.3 Å². The molecular weight excluding hydrogens is 450 g/mol. The molecule has 2 heterocycles. The number of nitrogens with zero attached hydrogens (tertiary/aromatic N) is 2. The summed E-state index contributed by atoms with van der Waals surface area (Å²) in [5, 5.41) is 20.7. The smallest absolute Gasteiger partial charge is 0.249 e. The Balaban J connectivity index is 2.26. The van der Waals surface area contributed by atoms with Crippen LogP contribution in [0.5, 0.6) is 0 Å². The molecule has 1 unspecified atom stereocenters. The second-order valence-electron chi connectivity index (χ2n) is 6.28. The van der Waals surface area contributed by atoms with Gasteiger partial charge in [0.25, 0.3) is 0 Å². The number of hydrogen-bond acceptors (Lipinski definition) is 11. The lowest BCUT2D eigenvalue weighted by molar-refractivity contribution is -0.493. The van der Waals surface area contributed by atoms with Crippen LogP contribution in [-0.4, -0.2) is 75.1 Å². The van der Waals surface area contributed by atoms with Gasteiger partial charge in [0, 0.05) is 12.1 Å². The van der Waals surface area contributed by atoms with Gasteiger partial charge in [-0.3, -0.25) is 15.2 Å². The maximum Gasteiger partial charge on any atom is 0.249 e. The molecule has 4 N–H and O–H groups in total. The number of carbonyl (C=O) groups excluding carboxylic acids is 1. The van der Waals surface area contributed by atoms with Crippen LogP contribution in [0.2, 0.25) is 0 Å². The quantitative estimate of drug-likeness (QED) is 0.323. The van der Waals surface area contributed by atoms with E-state index >= 15 is 0 Å². The van der Waals surface area contributed by atoms with Gasteiger partial charge in [0.05, 0.1) is 29.9 Å². The highest BCUT2D eigenvalue weighted by molar-refractivity contribution is 7.95. The summed E-state index contributed by atoms with van der Waals surface area (Å²) in [6.45, 7) is 2.78. The summed E-state index contributed by atoms with van der Waals surface area (Å²) in [6, 6.07) is 0.559. The first kappa shape index (κ1) is 24.1. The lowest BCUT2D eigenvalue weighted by Crippen LogP contribution is -2.41. The van der Waals surface area contributed by atoms with Gasteiger partial charge in [0.1, 0.15) is 15.0 Å². The molecule has 1 amide bonds. The number of rotatable bonds is 9. The third-order valence-corrected chi connectivity index (χ3v) is 9.70. The summed E-state index contributed by atoms with van der Waals surface area (Å²) in [6.07, 6.45) is 0.100. The first-order valence-corrected chi connectivity index (χ1v) is 12.4. The first-order valence-electron chi connectivity index (χ1n) is 8.48. The summed E-state index contributed by atoms with van der Waals surface area (Å²) in [5.74, 6) is -0.442. The van der Waals surface area contributed by atoms with E-state index in [-0.39, 0.29) is 46.8 Å². The highest BCUT2D eigenvalue weighted by atomic mass is 32.3. The molecule has 29 heavy (non-hydrogen) atoms. The van der Waals surface area contributed by atoms with Gasteiger partial charge in [0.15, 0.2) is 9.84 Å². The molecule has 0 fully saturated rings. The second kappa shape index (κ2) is 9.32. The predicted molar refractivity (Wildman–Crippen MR) is 99.3 cm³/mol. The Morgan fingerprint density at radius 2 is 2.03 bits per heavy atom. The van der Waals surface area contributed by atoms with E-state index in [1.54, 1.807) is 6.92 Å². The zero-order chi connectivity index (χ0) is 22.0. The average molecular weight is 474 g/mol. The fraction of sp³-hybridized carbons (Fsp3) is 0.643. The number of likely N-dealkylation sites (N-methyl/N-ethyl adjacent to an activating group) is 1. The van der Waals surface area contributed by atoms with Gasteiger partial charge in [0.2, 0.25) is 15.9 Å². The van der Waals surface area contributed by atoms with Crippen LogP contribution in [-0.2, 0) is 34.2 Å². The Bertz CT molecular complexity index is 943. The molecule has 0 radical (unpaired) electrons. The van der Waals surface area contributed by atoms with Crippen LogP contribution in [0.15, 0.2) is 14.5 Å². The molecule has 0 aromatic carbocycles. The molecule has 0 saturated heterocycles. The van der Waals surface area contributed by atoms with Crippen LogP contribution in [0.3, 0.4) is 0 Å². The Morgan fingerprint density at radius 3 is 2.59 bits per heavy atom. The van der Waals surface area contributed by atoms with Crippen LogP contribution in [0.25, 0.3) is 0 Å². The molecule has 1 aliphatic heterocycles. The van der Waals surface area contributed by atoms with Crippen molar-refractivity contribution in [2.45, 2.75) is 40.0 Å². The molecule has 1 aromatic rings. The van der Waals surface area contributed by atoms with Crippen LogP contribution in [0, 0.1) is 0 Å². The van der Waals surface area contributed by atoms with Gasteiger partial charge in [-0.25, -0.2) is 26.8 Å². The molecule has 0 spiro atoms. The van der Waals surface area contributed by atoms with E-state index in [2.05, 4.69) is 4.84 Å². The number of sulfone groups is 1. The number of hydrogen-bond donors (Lipinski definition) is 3. The van der Waals surface area contributed by atoms with Crippen molar-refractivity contribution in [2.24, 2.45) is 5.14 Å². The van der Waals surface area contributed by atoms with Crippen LogP contribution < -0.4 is 5.14 Å². The van der Waals surface area contributed by atoms with Gasteiger partial charge < -0.3 is 9.64 Å². The van der Waals surface area contributed by atoms with Crippen molar-refractivity contribution in [1.82, 2.24) is 10.3 Å². The summed E-state index contributed by atoms with van der Waals surface area (Å²) < 4.78 is 53.5. The molecule has 12 nitrogen and oxygen atoms in total. The minimum Gasteiger partial charge on any atom is -0.369 e. The molecule has 2 atom stereocenters. The molecule has 1 aliphatic rings. The summed E-state index contributed by atoms with van der Waals surface area (Å²) in [7, 11) is -7.83. The molecule has 0 saturated carbocycles. The minimum absolute atomic E-state index is 0.100. The van der Waals surface area contributed by atoms with Crippen molar-refractivity contribution in [1.29, 1.82) is 0 Å². The third kappa shape index (κ3) is 5.50. The Kier molecular flexibility index (Phi) is 7.74. The van der Waals surface area contributed by atoms with Gasteiger partial charge in [-0.2, -0.15) is 0 Å². The maximum absolute atomic E-state index is 12.7. The van der Waals surface area contributed by atoms with E-state index in [1.807, 2.05) is 0 Å². The Labute approximate surface area is 172 Å². The summed E-state index contributed by atoms with van der Waals surface area (Å²) in [5.41, 5.74) is 0.229. The molecule has 0 aliphatic carbocycles. The third-order valence-electron chi connectivity index (χ3n) is 4.38. The van der Waals surface area contributed by atoms with Crippen molar-refractivity contribution in [3.63, 3.8) is 0 Å². The maximum atomic E-state index is 12.7. The van der Waals surface area contributed by atoms with E-state index in [4.69, 9.17) is 20.3 Å². The van der Waals surface area contributed by atoms with Crippen molar-refractivity contribution in [3.05, 3.63) is 11.6 Å². The fourth-order valence-corrected chi connectivity index (χ4v) is 7.39. The second-order valence-corrected chi connectivity index (χ2v) is 11.7. The normalized spacial score (nSPS) is 21.2. The number of sulfonamides is 1. The molecule has 0 bridgehead atoms. The number of thiophene rings is 1. The zero-order valence-corrected chi connectivity index (χ0v) is 18.2. The standard InChI is InChI=1S/C14H23N3O9S3/c1-3-16(12(18)8-25-4-5-26-17(19)20)11-6-9(2)28(21,22)14-10(11)7-13(27-14)29(15,23)24/h7,9,11,19-20H,3-6,8H2,1-2H3,(H2,15,23,24)/t9?,11-/m0/s1. The highest BCUT2D eigenvalue weighted by Gasteiger charge is 2.42. The molecule has 15 heteroatoms. The van der Waals surface area contributed by atoms with E-state index in [0.29, 0.717) is 11.3 Å². The number of carbonyl (C=O) groups is 1. The van der Waals surface area contributed by atoms with Crippen molar-refractivity contribution in [2.75, 3.05) is 26.4 Å². The van der Waals surface area contributed by atoms with Gasteiger partial charge in [-0.1, -0.05) is 0 Å². The van der Waals surface area contributed by atoms with Crippen molar-refractivity contribution >= 4 is 37.1 Å². The number of fused-ring (bicyclic) bond motifs is 1. The zero-order valence-electron chi connectivity index (χ0n) is 15.7. The van der Waals surface area contributed by atoms with Crippen LogP contribution in [0.1, 0.15) is 31.9 Å². The average Bonchev–Trinajstić information content (AvgIpc) is 3.06. The molecule has 2 rings (SSSR count). The lowest BCUT2D eigenvalue weighted by atomic mass is 10.0. The van der Waals surface area contributed by atoms with Gasteiger partial charge >= 0.3 is 0 Å². The number of amides is 1. The minimum atomic E-state index is -4.10. The fourth-order valence-electron chi connectivity index (χ4n) is 3.00. The predicted octanol–water partition coefficient (Wildman–Crippen LogP) is -0.120. The first-order chi connectivity index (χ1) is 13.4. The van der Waals surface area contributed by atoms with Gasteiger partial charge in [-0.15, -0.1) is 11.3 Å². The van der Waals surface area contributed by atoms with Crippen molar-refractivity contribution in [3.8, 4) is 0 Å². The number of primary sulfonamides is 1. The van der Waals surface area contributed by atoms with E-state index in [1.165, 1.54) is 17.9 Å². The van der Waals surface area contributed by atoms with E-state index in [9.17, 15) is 21.6 Å². The monoisotopic (exact) mass is 473 g/mol. The van der Waals surface area contributed by atoms with Crippen LogP contribution in [0.4, 0.5) is 0 Å². The van der Waals surface area contributed by atoms with E-state index < -0.39 is 42.4 Å². The summed E-state index contributed by atoms with van der Waals surface area (Å²) >= 11 is 0.585. The Hall–Kier alpha value is -1.17. The van der Waals surface area contributed by atoms with Crippen molar-refractivity contribution < 1.29 is 41.6 Å². The molecular formula is C14H23N3O9S3. The SMILES string of the molecule is CCN(C(=O)COCCON(O)O)[C@H]1CC(C)S(=O)(=O)c2sc(S(N)(=O)=O)cc21. The molecule has 1 aromatic heterocycles.